The van der Waals surface area contributed by atoms with Crippen molar-refractivity contribution in [3.05, 3.63) is 29.6 Å². The van der Waals surface area contributed by atoms with Crippen molar-refractivity contribution in [1.29, 1.82) is 0 Å². The fourth-order valence-electron chi connectivity index (χ4n) is 4.26. The number of aryl methyl sites for hydroxylation is 1. The third kappa shape index (κ3) is 3.24. The molecule has 4 nitrogen and oxygen atoms in total. The zero-order chi connectivity index (χ0) is 17.5. The first kappa shape index (κ1) is 17.8. The Hall–Kier alpha value is -0.980. The quantitative estimate of drug-likeness (QED) is 0.837. The summed E-state index contributed by atoms with van der Waals surface area (Å²) in [5.41, 5.74) is 0.755. The van der Waals surface area contributed by atoms with Gasteiger partial charge in [-0.25, -0.2) is 12.8 Å². The van der Waals surface area contributed by atoms with E-state index in [4.69, 9.17) is 0 Å². The normalized spacial score (nSPS) is 29.9. The van der Waals surface area contributed by atoms with Crippen molar-refractivity contribution >= 4 is 10.0 Å². The van der Waals surface area contributed by atoms with E-state index >= 15 is 0 Å². The number of sulfonamides is 1. The Morgan fingerprint density at radius 3 is 2.46 bits per heavy atom. The summed E-state index contributed by atoms with van der Waals surface area (Å²) in [5.74, 6) is -0.661. The van der Waals surface area contributed by atoms with Crippen molar-refractivity contribution < 1.29 is 12.8 Å². The second kappa shape index (κ2) is 6.73. The maximum Gasteiger partial charge on any atom is 0.246 e. The molecule has 2 heterocycles. The zero-order valence-electron chi connectivity index (χ0n) is 14.7. The molecule has 0 amide bonds. The van der Waals surface area contributed by atoms with Gasteiger partial charge < -0.3 is 0 Å². The third-order valence-corrected chi connectivity index (χ3v) is 7.39. The SMILES string of the molecule is Cc1ccc(F)c(S(=O)(=O)N2CCC[C@H](N3[C@H](C)CC[C@H]3C)C2)c1. The minimum absolute atomic E-state index is 0.189. The highest BCUT2D eigenvalue weighted by Gasteiger charge is 2.39. The van der Waals surface area contributed by atoms with Gasteiger partial charge in [0.05, 0.1) is 0 Å². The molecule has 0 bridgehead atoms. The fraction of sp³-hybridized carbons (Fsp3) is 0.667. The second-order valence-corrected chi connectivity index (χ2v) is 9.22. The van der Waals surface area contributed by atoms with Gasteiger partial charge in [-0.2, -0.15) is 4.31 Å². The van der Waals surface area contributed by atoms with Crippen molar-refractivity contribution in [3.63, 3.8) is 0 Å². The molecule has 0 N–H and O–H groups in total. The van der Waals surface area contributed by atoms with Crippen LogP contribution < -0.4 is 0 Å². The number of piperidine rings is 1. The number of benzene rings is 1. The lowest BCUT2D eigenvalue weighted by molar-refractivity contribution is 0.0979. The van der Waals surface area contributed by atoms with Gasteiger partial charge in [0.1, 0.15) is 10.7 Å². The summed E-state index contributed by atoms with van der Waals surface area (Å²) in [7, 11) is -3.78. The molecule has 24 heavy (non-hydrogen) atoms. The van der Waals surface area contributed by atoms with Crippen LogP contribution in [0.2, 0.25) is 0 Å². The average molecular weight is 354 g/mol. The van der Waals surface area contributed by atoms with E-state index in [0.29, 0.717) is 25.2 Å². The zero-order valence-corrected chi connectivity index (χ0v) is 15.5. The highest BCUT2D eigenvalue weighted by atomic mass is 32.2. The van der Waals surface area contributed by atoms with Crippen LogP contribution in [-0.2, 0) is 10.0 Å². The molecule has 0 unspecified atom stereocenters. The Balaban J connectivity index is 1.85. The van der Waals surface area contributed by atoms with Crippen molar-refractivity contribution in [3.8, 4) is 0 Å². The lowest BCUT2D eigenvalue weighted by Gasteiger charge is -2.41. The van der Waals surface area contributed by atoms with Gasteiger partial charge in [-0.3, -0.25) is 4.90 Å². The number of likely N-dealkylation sites (tertiary alicyclic amines) is 1. The summed E-state index contributed by atoms with van der Waals surface area (Å²) >= 11 is 0. The van der Waals surface area contributed by atoms with Gasteiger partial charge in [0, 0.05) is 31.2 Å². The summed E-state index contributed by atoms with van der Waals surface area (Å²) in [4.78, 5) is 2.28. The number of hydrogen-bond donors (Lipinski definition) is 0. The Morgan fingerprint density at radius 2 is 1.79 bits per heavy atom. The van der Waals surface area contributed by atoms with Crippen molar-refractivity contribution in [2.45, 2.75) is 69.5 Å². The topological polar surface area (TPSA) is 40.6 Å². The molecule has 2 saturated heterocycles. The molecule has 0 saturated carbocycles. The van der Waals surface area contributed by atoms with Crippen LogP contribution in [0.1, 0.15) is 45.1 Å². The molecule has 0 aliphatic carbocycles. The lowest BCUT2D eigenvalue weighted by atomic mass is 10.0. The predicted molar refractivity (Wildman–Crippen MR) is 92.9 cm³/mol. The molecule has 3 rings (SSSR count). The largest absolute Gasteiger partial charge is 0.294 e. The molecular formula is C18H27FN2O2S. The van der Waals surface area contributed by atoms with Crippen molar-refractivity contribution in [2.75, 3.05) is 13.1 Å². The molecule has 0 spiro atoms. The maximum atomic E-state index is 14.1. The van der Waals surface area contributed by atoms with Crippen LogP contribution in [0, 0.1) is 12.7 Å². The molecular weight excluding hydrogens is 327 g/mol. The van der Waals surface area contributed by atoms with Gasteiger partial charge in [0.15, 0.2) is 0 Å². The first-order valence-corrected chi connectivity index (χ1v) is 10.3. The van der Waals surface area contributed by atoms with Gasteiger partial charge in [-0.15, -0.1) is 0 Å². The van der Waals surface area contributed by atoms with Crippen LogP contribution in [0.4, 0.5) is 4.39 Å². The summed E-state index contributed by atoms with van der Waals surface area (Å²) in [5, 5.41) is 0. The second-order valence-electron chi connectivity index (χ2n) is 7.32. The summed E-state index contributed by atoms with van der Waals surface area (Å²) in [6.45, 7) is 7.16. The highest BCUT2D eigenvalue weighted by Crippen LogP contribution is 2.32. The Labute approximate surface area is 144 Å². The van der Waals surface area contributed by atoms with Crippen LogP contribution in [-0.4, -0.2) is 48.8 Å². The van der Waals surface area contributed by atoms with Gasteiger partial charge in [-0.05, 0) is 64.2 Å². The van der Waals surface area contributed by atoms with E-state index in [-0.39, 0.29) is 10.9 Å². The number of rotatable bonds is 3. The van der Waals surface area contributed by atoms with Gasteiger partial charge >= 0.3 is 0 Å². The number of nitrogens with zero attached hydrogens (tertiary/aromatic N) is 2. The van der Waals surface area contributed by atoms with E-state index in [2.05, 4.69) is 18.7 Å². The maximum absolute atomic E-state index is 14.1. The summed E-state index contributed by atoms with van der Waals surface area (Å²) < 4.78 is 41.5. The standard InChI is InChI=1S/C18H27FN2O2S/c1-13-6-9-17(19)18(11-13)24(22,23)20-10-4-5-16(12-20)21-14(2)7-8-15(21)3/h6,9,11,14-16H,4-5,7-8,10,12H2,1-3H3/t14-,15-,16+/m1/s1. The predicted octanol–water partition coefficient (Wildman–Crippen LogP) is 3.16. The molecule has 134 valence electrons. The van der Waals surface area contributed by atoms with E-state index in [0.717, 1.165) is 31.2 Å². The molecule has 2 fully saturated rings. The Morgan fingerprint density at radius 1 is 1.12 bits per heavy atom. The number of halogens is 1. The Bertz CT molecular complexity index is 697. The van der Waals surface area contributed by atoms with Crippen molar-refractivity contribution in [1.82, 2.24) is 9.21 Å². The highest BCUT2D eigenvalue weighted by molar-refractivity contribution is 7.89. The molecule has 1 aromatic rings. The fourth-order valence-corrected chi connectivity index (χ4v) is 5.93. The molecule has 2 aliphatic heterocycles. The molecule has 0 aromatic heterocycles. The smallest absolute Gasteiger partial charge is 0.246 e. The Kier molecular flexibility index (Phi) is 5.00. The van der Waals surface area contributed by atoms with Crippen LogP contribution >= 0.6 is 0 Å². The van der Waals surface area contributed by atoms with Gasteiger partial charge in [0.2, 0.25) is 10.0 Å². The molecule has 2 aliphatic rings. The average Bonchev–Trinajstić information content (AvgIpc) is 2.88. The first-order valence-electron chi connectivity index (χ1n) is 8.84. The van der Waals surface area contributed by atoms with Crippen LogP contribution in [0.5, 0.6) is 0 Å². The molecule has 6 heteroatoms. The minimum atomic E-state index is -3.78. The van der Waals surface area contributed by atoms with Crippen molar-refractivity contribution in [2.24, 2.45) is 0 Å². The van der Waals surface area contributed by atoms with Crippen LogP contribution in [0.15, 0.2) is 23.1 Å². The molecule has 3 atom stereocenters. The van der Waals surface area contributed by atoms with E-state index in [1.54, 1.807) is 13.0 Å². The summed E-state index contributed by atoms with van der Waals surface area (Å²) in [6.07, 6.45) is 4.16. The van der Waals surface area contributed by atoms with E-state index in [1.165, 1.54) is 16.4 Å². The molecule has 0 radical (unpaired) electrons. The van der Waals surface area contributed by atoms with E-state index in [9.17, 15) is 12.8 Å². The molecule has 1 aromatic carbocycles. The van der Waals surface area contributed by atoms with Crippen LogP contribution in [0.3, 0.4) is 0 Å². The minimum Gasteiger partial charge on any atom is -0.294 e. The van der Waals surface area contributed by atoms with E-state index < -0.39 is 15.8 Å². The van der Waals surface area contributed by atoms with Crippen LogP contribution in [0.25, 0.3) is 0 Å². The third-order valence-electron chi connectivity index (χ3n) is 5.51. The van der Waals surface area contributed by atoms with Gasteiger partial charge in [0.25, 0.3) is 0 Å². The lowest BCUT2D eigenvalue weighted by Crippen LogP contribution is -2.52. The van der Waals surface area contributed by atoms with E-state index in [1.807, 2.05) is 0 Å². The number of hydrogen-bond acceptors (Lipinski definition) is 3. The van der Waals surface area contributed by atoms with Gasteiger partial charge in [-0.1, -0.05) is 6.07 Å². The monoisotopic (exact) mass is 354 g/mol. The summed E-state index contributed by atoms with van der Waals surface area (Å²) in [6, 6.07) is 5.49. The first-order chi connectivity index (χ1) is 11.3.